The predicted molar refractivity (Wildman–Crippen MR) is 44.8 cm³/mol. The molecule has 13 heavy (non-hydrogen) atoms. The Balaban J connectivity index is 2.22. The number of rotatable bonds is 0. The summed E-state index contributed by atoms with van der Waals surface area (Å²) in [7, 11) is 1.60. The number of amides is 3. The first-order chi connectivity index (χ1) is 6.09. The highest BCUT2D eigenvalue weighted by molar-refractivity contribution is 6.20. The molecule has 0 aromatic heterocycles. The summed E-state index contributed by atoms with van der Waals surface area (Å²) in [5.74, 6) is -0.344. The topological polar surface area (TPSA) is 73.5 Å². The van der Waals surface area contributed by atoms with Crippen molar-refractivity contribution >= 4 is 23.5 Å². The Labute approximate surface area is 79.6 Å². The van der Waals surface area contributed by atoms with Crippen molar-refractivity contribution in [2.75, 3.05) is 7.05 Å². The lowest BCUT2D eigenvalue weighted by Gasteiger charge is -2.32. The Kier molecular flexibility index (Phi) is 1.90. The SMILES string of the molecule is CN1C(=O)NC(=O)C2NC(Cl)NC21. The van der Waals surface area contributed by atoms with Crippen molar-refractivity contribution in [3.8, 4) is 0 Å². The van der Waals surface area contributed by atoms with E-state index in [1.807, 2.05) is 0 Å². The number of alkyl halides is 1. The molecule has 2 rings (SSSR count). The van der Waals surface area contributed by atoms with E-state index in [0.717, 1.165) is 0 Å². The number of halogens is 1. The molecule has 2 saturated heterocycles. The lowest BCUT2D eigenvalue weighted by Crippen LogP contribution is -2.64. The zero-order valence-corrected chi connectivity index (χ0v) is 7.63. The van der Waals surface area contributed by atoms with Gasteiger partial charge in [-0.3, -0.25) is 20.7 Å². The Bertz CT molecular complexity index is 271. The number of carbonyl (C=O) groups excluding carboxylic acids is 2. The van der Waals surface area contributed by atoms with Gasteiger partial charge in [0.2, 0.25) is 5.91 Å². The number of fused-ring (bicyclic) bond motifs is 1. The van der Waals surface area contributed by atoms with Gasteiger partial charge in [0.15, 0.2) is 0 Å². The van der Waals surface area contributed by atoms with Crippen LogP contribution >= 0.6 is 11.6 Å². The highest BCUT2D eigenvalue weighted by Crippen LogP contribution is 2.14. The zero-order valence-electron chi connectivity index (χ0n) is 6.87. The molecule has 3 amide bonds. The fourth-order valence-corrected chi connectivity index (χ4v) is 1.76. The first kappa shape index (κ1) is 8.74. The van der Waals surface area contributed by atoms with Gasteiger partial charge in [0, 0.05) is 7.05 Å². The molecule has 2 heterocycles. The highest BCUT2D eigenvalue weighted by atomic mass is 35.5. The van der Waals surface area contributed by atoms with Crippen LogP contribution in [-0.2, 0) is 4.79 Å². The van der Waals surface area contributed by atoms with Gasteiger partial charge in [-0.2, -0.15) is 0 Å². The summed E-state index contributed by atoms with van der Waals surface area (Å²) in [6.45, 7) is 0. The molecule has 2 fully saturated rings. The van der Waals surface area contributed by atoms with E-state index in [9.17, 15) is 9.59 Å². The van der Waals surface area contributed by atoms with Gasteiger partial charge >= 0.3 is 6.03 Å². The van der Waals surface area contributed by atoms with E-state index in [-0.39, 0.29) is 12.1 Å². The smallest absolute Gasteiger partial charge is 0.310 e. The van der Waals surface area contributed by atoms with Crippen LogP contribution < -0.4 is 16.0 Å². The molecule has 0 aromatic carbocycles. The lowest BCUT2D eigenvalue weighted by atomic mass is 10.2. The molecule has 7 heteroatoms. The van der Waals surface area contributed by atoms with Gasteiger partial charge in [-0.15, -0.1) is 0 Å². The van der Waals surface area contributed by atoms with Crippen LogP contribution in [0.4, 0.5) is 4.79 Å². The molecule has 3 atom stereocenters. The minimum Gasteiger partial charge on any atom is -0.310 e. The summed E-state index contributed by atoms with van der Waals surface area (Å²) in [5, 5.41) is 7.88. The van der Waals surface area contributed by atoms with Gasteiger partial charge in [0.1, 0.15) is 17.8 Å². The number of imide groups is 1. The maximum absolute atomic E-state index is 11.3. The van der Waals surface area contributed by atoms with Crippen LogP contribution in [0.3, 0.4) is 0 Å². The summed E-state index contributed by atoms with van der Waals surface area (Å²) < 4.78 is 0. The molecule has 0 saturated carbocycles. The Morgan fingerprint density at radius 1 is 1.38 bits per heavy atom. The molecule has 2 aliphatic heterocycles. The summed E-state index contributed by atoms with van der Waals surface area (Å²) >= 11 is 5.73. The summed E-state index contributed by atoms with van der Waals surface area (Å²) in [4.78, 5) is 23.8. The van der Waals surface area contributed by atoms with E-state index in [2.05, 4.69) is 16.0 Å². The van der Waals surface area contributed by atoms with Crippen LogP contribution in [0.5, 0.6) is 0 Å². The zero-order chi connectivity index (χ0) is 9.59. The van der Waals surface area contributed by atoms with E-state index >= 15 is 0 Å². The molecule has 0 spiro atoms. The molecule has 3 unspecified atom stereocenters. The van der Waals surface area contributed by atoms with Crippen molar-refractivity contribution in [1.82, 2.24) is 20.9 Å². The van der Waals surface area contributed by atoms with Crippen LogP contribution in [0.15, 0.2) is 0 Å². The molecule has 2 aliphatic rings. The van der Waals surface area contributed by atoms with E-state index in [1.54, 1.807) is 7.05 Å². The van der Waals surface area contributed by atoms with Gasteiger partial charge in [-0.25, -0.2) is 4.79 Å². The summed E-state index contributed by atoms with van der Waals surface area (Å²) in [6.07, 6.45) is -0.358. The molecular formula is C6H9ClN4O2. The van der Waals surface area contributed by atoms with Crippen molar-refractivity contribution in [1.29, 1.82) is 0 Å². The first-order valence-corrected chi connectivity index (χ1v) is 4.27. The van der Waals surface area contributed by atoms with E-state index in [4.69, 9.17) is 11.6 Å². The number of hydrogen-bond donors (Lipinski definition) is 3. The second-order valence-corrected chi connectivity index (χ2v) is 3.46. The molecule has 0 aromatic rings. The minimum atomic E-state index is -0.478. The molecular weight excluding hydrogens is 196 g/mol. The van der Waals surface area contributed by atoms with Crippen molar-refractivity contribution in [2.24, 2.45) is 0 Å². The van der Waals surface area contributed by atoms with Crippen LogP contribution in [0.1, 0.15) is 0 Å². The third kappa shape index (κ3) is 1.27. The standard InChI is InChI=1S/C6H9ClN4O2/c1-11-3-2(8-5(7)9-3)4(12)10-6(11)13/h2-3,5,8-9H,1H3,(H,10,12,13). The third-order valence-electron chi connectivity index (χ3n) is 2.21. The molecule has 72 valence electrons. The lowest BCUT2D eigenvalue weighted by molar-refractivity contribution is -0.124. The molecule has 0 bridgehead atoms. The first-order valence-electron chi connectivity index (χ1n) is 3.83. The maximum Gasteiger partial charge on any atom is 0.325 e. The van der Waals surface area contributed by atoms with E-state index in [0.29, 0.717) is 0 Å². The van der Waals surface area contributed by atoms with E-state index in [1.165, 1.54) is 4.90 Å². The monoisotopic (exact) mass is 204 g/mol. The Morgan fingerprint density at radius 3 is 2.77 bits per heavy atom. The average Bonchev–Trinajstić information content (AvgIpc) is 2.44. The Hall–Kier alpha value is -0.850. The fourth-order valence-electron chi connectivity index (χ4n) is 1.50. The van der Waals surface area contributed by atoms with Crippen LogP contribution in [0.2, 0.25) is 0 Å². The van der Waals surface area contributed by atoms with E-state index < -0.39 is 17.7 Å². The fraction of sp³-hybridized carbons (Fsp3) is 0.667. The van der Waals surface area contributed by atoms with Gasteiger partial charge in [-0.05, 0) is 0 Å². The molecule has 6 nitrogen and oxygen atoms in total. The molecule has 3 N–H and O–H groups in total. The number of urea groups is 1. The van der Waals surface area contributed by atoms with Crippen LogP contribution in [0.25, 0.3) is 0 Å². The van der Waals surface area contributed by atoms with Gasteiger partial charge in [-0.1, -0.05) is 11.6 Å². The number of nitrogens with one attached hydrogen (secondary N) is 3. The number of nitrogens with zero attached hydrogens (tertiary/aromatic N) is 1. The molecule has 0 radical (unpaired) electrons. The number of likely N-dealkylation sites (N-methyl/N-ethyl adjacent to an activating group) is 1. The predicted octanol–water partition coefficient (Wildman–Crippen LogP) is -1.42. The minimum absolute atomic E-state index is 0.344. The normalized spacial score (nSPS) is 38.9. The van der Waals surface area contributed by atoms with Gasteiger partial charge in [0.05, 0.1) is 0 Å². The van der Waals surface area contributed by atoms with Gasteiger partial charge in [0.25, 0.3) is 0 Å². The number of hydrogen-bond acceptors (Lipinski definition) is 4. The summed E-state index contributed by atoms with van der Waals surface area (Å²) in [5.41, 5.74) is -0.478. The van der Waals surface area contributed by atoms with Crippen LogP contribution in [0, 0.1) is 0 Å². The largest absolute Gasteiger partial charge is 0.325 e. The second kappa shape index (κ2) is 2.83. The van der Waals surface area contributed by atoms with Crippen molar-refractivity contribution in [3.63, 3.8) is 0 Å². The molecule has 0 aliphatic carbocycles. The van der Waals surface area contributed by atoms with Crippen molar-refractivity contribution in [3.05, 3.63) is 0 Å². The third-order valence-corrected chi connectivity index (χ3v) is 2.46. The van der Waals surface area contributed by atoms with Crippen LogP contribution in [-0.4, -0.2) is 41.7 Å². The summed E-state index contributed by atoms with van der Waals surface area (Å²) in [6, 6.07) is -0.878. The van der Waals surface area contributed by atoms with Crippen molar-refractivity contribution in [2.45, 2.75) is 17.8 Å². The quantitative estimate of drug-likeness (QED) is 0.335. The maximum atomic E-state index is 11.3. The Morgan fingerprint density at radius 2 is 2.08 bits per heavy atom. The van der Waals surface area contributed by atoms with Crippen molar-refractivity contribution < 1.29 is 9.59 Å². The average molecular weight is 205 g/mol. The van der Waals surface area contributed by atoms with Gasteiger partial charge < -0.3 is 4.90 Å². The number of carbonyl (C=O) groups is 2. The highest BCUT2D eigenvalue weighted by Gasteiger charge is 2.45. The second-order valence-electron chi connectivity index (χ2n) is 3.02.